The first kappa shape index (κ1) is 21.1. The van der Waals surface area contributed by atoms with Crippen LogP contribution in [0.4, 0.5) is 17.5 Å². The second-order valence-electron chi connectivity index (χ2n) is 8.21. The number of ether oxygens (including phenoxy) is 1. The molecule has 170 valence electrons. The lowest BCUT2D eigenvalue weighted by atomic mass is 10.1. The molecule has 4 aromatic rings. The van der Waals surface area contributed by atoms with Crippen LogP contribution in [0.3, 0.4) is 0 Å². The molecule has 1 aliphatic rings. The quantitative estimate of drug-likeness (QED) is 0.470. The Bertz CT molecular complexity index is 1200. The normalized spacial score (nSPS) is 14.0. The van der Waals surface area contributed by atoms with E-state index in [0.717, 1.165) is 61.7 Å². The summed E-state index contributed by atoms with van der Waals surface area (Å²) in [6.45, 7) is 4.46. The van der Waals surface area contributed by atoms with Gasteiger partial charge in [0.15, 0.2) is 5.65 Å². The van der Waals surface area contributed by atoms with E-state index >= 15 is 0 Å². The summed E-state index contributed by atoms with van der Waals surface area (Å²) < 4.78 is 7.05. The molecule has 8 heteroatoms. The molecule has 0 unspecified atom stereocenters. The van der Waals surface area contributed by atoms with E-state index in [1.165, 1.54) is 11.3 Å². The van der Waals surface area contributed by atoms with Crippen LogP contribution in [0.1, 0.15) is 5.56 Å². The highest BCUT2D eigenvalue weighted by Gasteiger charge is 2.22. The maximum atomic E-state index is 5.24. The van der Waals surface area contributed by atoms with E-state index in [0.29, 0.717) is 5.95 Å². The van der Waals surface area contributed by atoms with Gasteiger partial charge in [-0.1, -0.05) is 30.3 Å². The maximum Gasteiger partial charge on any atom is 0.226 e. The molecule has 1 saturated heterocycles. The smallest absolute Gasteiger partial charge is 0.226 e. The van der Waals surface area contributed by atoms with Crippen LogP contribution in [-0.2, 0) is 13.5 Å². The minimum atomic E-state index is 0.639. The Morgan fingerprint density at radius 1 is 0.909 bits per heavy atom. The zero-order chi connectivity index (χ0) is 22.6. The van der Waals surface area contributed by atoms with E-state index in [1.807, 2.05) is 30.1 Å². The van der Waals surface area contributed by atoms with Crippen molar-refractivity contribution < 1.29 is 4.74 Å². The molecule has 0 radical (unpaired) electrons. The van der Waals surface area contributed by atoms with Crippen molar-refractivity contribution in [3.63, 3.8) is 0 Å². The van der Waals surface area contributed by atoms with Crippen LogP contribution in [0.25, 0.3) is 11.0 Å². The van der Waals surface area contributed by atoms with Gasteiger partial charge in [0, 0.05) is 45.5 Å². The number of fused-ring (bicyclic) bond motifs is 1. The van der Waals surface area contributed by atoms with Crippen LogP contribution >= 0.6 is 0 Å². The van der Waals surface area contributed by atoms with Crippen LogP contribution in [-0.4, -0.2) is 59.6 Å². The van der Waals surface area contributed by atoms with Crippen molar-refractivity contribution in [3.8, 4) is 5.75 Å². The molecule has 0 saturated carbocycles. The third-order valence-corrected chi connectivity index (χ3v) is 6.13. The molecule has 0 amide bonds. The molecule has 3 heterocycles. The number of para-hydroxylation sites is 1. The van der Waals surface area contributed by atoms with Crippen LogP contribution in [0.5, 0.6) is 5.75 Å². The second-order valence-corrected chi connectivity index (χ2v) is 8.21. The molecule has 33 heavy (non-hydrogen) atoms. The Kier molecular flexibility index (Phi) is 5.97. The predicted octanol–water partition coefficient (Wildman–Crippen LogP) is 3.35. The first-order valence-electron chi connectivity index (χ1n) is 11.3. The summed E-state index contributed by atoms with van der Waals surface area (Å²) in [7, 11) is 3.61. The van der Waals surface area contributed by atoms with E-state index in [9.17, 15) is 0 Å². The summed E-state index contributed by atoms with van der Waals surface area (Å²) in [5.41, 5.74) is 3.35. The lowest BCUT2D eigenvalue weighted by Crippen LogP contribution is -2.47. The van der Waals surface area contributed by atoms with E-state index in [-0.39, 0.29) is 0 Å². The number of aromatic nitrogens is 4. The summed E-state index contributed by atoms with van der Waals surface area (Å²) in [4.78, 5) is 14.4. The van der Waals surface area contributed by atoms with Gasteiger partial charge in [-0.3, -0.25) is 4.68 Å². The van der Waals surface area contributed by atoms with Crippen molar-refractivity contribution in [2.24, 2.45) is 7.05 Å². The highest BCUT2D eigenvalue weighted by atomic mass is 16.5. The predicted molar refractivity (Wildman–Crippen MR) is 132 cm³/mol. The molecule has 0 atom stereocenters. The summed E-state index contributed by atoms with van der Waals surface area (Å²) in [5.74, 6) is 2.46. The van der Waals surface area contributed by atoms with Crippen molar-refractivity contribution in [1.29, 1.82) is 0 Å². The van der Waals surface area contributed by atoms with Crippen LogP contribution in [0.2, 0.25) is 0 Å². The van der Waals surface area contributed by atoms with Gasteiger partial charge < -0.3 is 19.9 Å². The topological polar surface area (TPSA) is 71.3 Å². The van der Waals surface area contributed by atoms with Gasteiger partial charge in [-0.2, -0.15) is 15.1 Å². The molecular formula is C25H29N7O. The summed E-state index contributed by atoms with van der Waals surface area (Å²) >= 11 is 0. The molecule has 5 rings (SSSR count). The molecule has 1 aliphatic heterocycles. The Balaban J connectivity index is 1.30. The number of hydrogen-bond donors (Lipinski definition) is 1. The fourth-order valence-corrected chi connectivity index (χ4v) is 4.25. The Morgan fingerprint density at radius 3 is 2.36 bits per heavy atom. The first-order chi connectivity index (χ1) is 16.2. The fraction of sp³-hybridized carbons (Fsp3) is 0.320. The van der Waals surface area contributed by atoms with Gasteiger partial charge in [0.2, 0.25) is 5.95 Å². The lowest BCUT2D eigenvalue weighted by Gasteiger charge is -2.37. The van der Waals surface area contributed by atoms with Gasteiger partial charge in [-0.05, 0) is 36.2 Å². The van der Waals surface area contributed by atoms with E-state index in [1.54, 1.807) is 7.11 Å². The zero-order valence-corrected chi connectivity index (χ0v) is 19.1. The van der Waals surface area contributed by atoms with Crippen molar-refractivity contribution in [2.75, 3.05) is 55.0 Å². The van der Waals surface area contributed by atoms with Crippen molar-refractivity contribution in [1.82, 2.24) is 19.7 Å². The van der Waals surface area contributed by atoms with Crippen molar-refractivity contribution in [3.05, 3.63) is 66.4 Å². The molecule has 2 aromatic carbocycles. The fourth-order valence-electron chi connectivity index (χ4n) is 4.25. The van der Waals surface area contributed by atoms with Crippen molar-refractivity contribution in [2.45, 2.75) is 6.42 Å². The maximum absolute atomic E-state index is 5.24. The monoisotopic (exact) mass is 443 g/mol. The number of methoxy groups -OCH3 is 1. The SMILES string of the molecule is COc1ccc(CCNc2nc(N3CCN(c4ccccc4)CC3)c3cnn(C)c3n2)cc1. The molecule has 0 bridgehead atoms. The van der Waals surface area contributed by atoms with Gasteiger partial charge >= 0.3 is 0 Å². The highest BCUT2D eigenvalue weighted by molar-refractivity contribution is 5.88. The Hall–Kier alpha value is -3.81. The molecule has 1 fully saturated rings. The van der Waals surface area contributed by atoms with Gasteiger partial charge in [-0.25, -0.2) is 0 Å². The largest absolute Gasteiger partial charge is 0.497 e. The minimum Gasteiger partial charge on any atom is -0.497 e. The average Bonchev–Trinajstić information content (AvgIpc) is 3.25. The summed E-state index contributed by atoms with van der Waals surface area (Å²) in [5, 5.41) is 8.84. The molecule has 1 N–H and O–H groups in total. The number of nitrogens with one attached hydrogen (secondary N) is 1. The molecule has 0 spiro atoms. The van der Waals surface area contributed by atoms with Crippen molar-refractivity contribution >= 4 is 28.5 Å². The number of hydrogen-bond acceptors (Lipinski definition) is 7. The number of piperazine rings is 1. The van der Waals surface area contributed by atoms with Crippen LogP contribution in [0, 0.1) is 0 Å². The molecule has 2 aromatic heterocycles. The third-order valence-electron chi connectivity index (χ3n) is 6.13. The third kappa shape index (κ3) is 4.55. The lowest BCUT2D eigenvalue weighted by molar-refractivity contribution is 0.414. The van der Waals surface area contributed by atoms with Gasteiger partial charge in [0.25, 0.3) is 0 Å². The average molecular weight is 444 g/mol. The van der Waals surface area contributed by atoms with Crippen LogP contribution < -0.4 is 19.9 Å². The van der Waals surface area contributed by atoms with Gasteiger partial charge in [0.1, 0.15) is 11.6 Å². The summed E-state index contributed by atoms with van der Waals surface area (Å²) in [6.07, 6.45) is 2.75. The molecule has 8 nitrogen and oxygen atoms in total. The number of aryl methyl sites for hydroxylation is 1. The molecule has 0 aliphatic carbocycles. The van der Waals surface area contributed by atoms with E-state index in [2.05, 4.69) is 62.7 Å². The van der Waals surface area contributed by atoms with E-state index < -0.39 is 0 Å². The number of anilines is 3. The van der Waals surface area contributed by atoms with Crippen LogP contribution in [0.15, 0.2) is 60.8 Å². The standard InChI is InChI=1S/C25H29N7O/c1-30-23-22(18-27-30)24(32-16-14-31(15-17-32)20-6-4-3-5-7-20)29-25(28-23)26-13-12-19-8-10-21(33-2)11-9-19/h3-11,18H,12-17H2,1-2H3,(H,26,28,29). The van der Waals surface area contributed by atoms with Gasteiger partial charge in [-0.15, -0.1) is 0 Å². The highest BCUT2D eigenvalue weighted by Crippen LogP contribution is 2.27. The summed E-state index contributed by atoms with van der Waals surface area (Å²) in [6, 6.07) is 18.7. The first-order valence-corrected chi connectivity index (χ1v) is 11.3. The Morgan fingerprint density at radius 2 is 1.64 bits per heavy atom. The minimum absolute atomic E-state index is 0.639. The number of rotatable bonds is 7. The number of nitrogens with zero attached hydrogens (tertiary/aromatic N) is 6. The second kappa shape index (κ2) is 9.36. The van der Waals surface area contributed by atoms with Gasteiger partial charge in [0.05, 0.1) is 18.7 Å². The Labute approximate surface area is 193 Å². The number of benzene rings is 2. The molecular weight excluding hydrogens is 414 g/mol. The van der Waals surface area contributed by atoms with E-state index in [4.69, 9.17) is 14.7 Å². The zero-order valence-electron chi connectivity index (χ0n) is 19.1.